The molecule has 0 saturated heterocycles. The zero-order valence-electron chi connectivity index (χ0n) is 10.2. The topological polar surface area (TPSA) is 54.5 Å². The predicted molar refractivity (Wildman–Crippen MR) is 67.7 cm³/mol. The number of benzene rings is 1. The molecule has 20 heavy (non-hydrogen) atoms. The van der Waals surface area contributed by atoms with Crippen molar-refractivity contribution in [3.05, 3.63) is 59.4 Å². The first kappa shape index (κ1) is 12.2. The van der Waals surface area contributed by atoms with Crippen molar-refractivity contribution in [3.63, 3.8) is 0 Å². The van der Waals surface area contributed by atoms with Gasteiger partial charge in [-0.15, -0.1) is 0 Å². The minimum atomic E-state index is -0.564. The Morgan fingerprint density at radius 3 is 2.70 bits per heavy atom. The van der Waals surface area contributed by atoms with E-state index in [1.54, 1.807) is 18.2 Å². The van der Waals surface area contributed by atoms with Crippen LogP contribution in [0.3, 0.4) is 0 Å². The third-order valence-electron chi connectivity index (χ3n) is 2.97. The molecule has 0 bridgehead atoms. The number of pyridine rings is 1. The molecule has 0 aliphatic rings. The molecule has 0 amide bonds. The van der Waals surface area contributed by atoms with Crippen LogP contribution < -0.4 is 0 Å². The van der Waals surface area contributed by atoms with Gasteiger partial charge < -0.3 is 0 Å². The van der Waals surface area contributed by atoms with Gasteiger partial charge in [0, 0.05) is 11.8 Å². The second-order valence-corrected chi connectivity index (χ2v) is 4.20. The second-order valence-electron chi connectivity index (χ2n) is 4.20. The lowest BCUT2D eigenvalue weighted by molar-refractivity contribution is 0.588. The Balaban J connectivity index is 2.16. The van der Waals surface area contributed by atoms with Crippen LogP contribution in [0.25, 0.3) is 11.0 Å². The monoisotopic (exact) mass is 270 g/mol. The Kier molecular flexibility index (Phi) is 2.88. The summed E-state index contributed by atoms with van der Waals surface area (Å²) in [6.07, 6.45) is 1.29. The maximum atomic E-state index is 13.7. The summed E-state index contributed by atoms with van der Waals surface area (Å²) >= 11 is 0. The molecular formula is C14H8F2N4. The summed E-state index contributed by atoms with van der Waals surface area (Å²) in [4.78, 5) is 4.02. The first-order chi connectivity index (χ1) is 9.70. The first-order valence-electron chi connectivity index (χ1n) is 5.85. The van der Waals surface area contributed by atoms with Crippen LogP contribution in [0, 0.1) is 23.0 Å². The van der Waals surface area contributed by atoms with E-state index in [1.165, 1.54) is 16.9 Å². The molecule has 0 radical (unpaired) electrons. The average molecular weight is 270 g/mol. The molecule has 1 aromatic carbocycles. The number of halogens is 2. The molecule has 0 saturated carbocycles. The van der Waals surface area contributed by atoms with Crippen molar-refractivity contribution < 1.29 is 8.78 Å². The highest BCUT2D eigenvalue weighted by Crippen LogP contribution is 2.20. The average Bonchev–Trinajstić information content (AvgIpc) is 2.81. The van der Waals surface area contributed by atoms with Gasteiger partial charge in [-0.05, 0) is 12.1 Å². The van der Waals surface area contributed by atoms with Crippen molar-refractivity contribution in [2.75, 3.05) is 0 Å². The van der Waals surface area contributed by atoms with Crippen LogP contribution >= 0.6 is 0 Å². The van der Waals surface area contributed by atoms with Crippen LogP contribution in [0.5, 0.6) is 0 Å². The lowest BCUT2D eigenvalue weighted by Gasteiger charge is -2.04. The Labute approximate surface area is 112 Å². The van der Waals surface area contributed by atoms with Gasteiger partial charge in [-0.1, -0.05) is 18.2 Å². The van der Waals surface area contributed by atoms with Crippen LogP contribution in [0.4, 0.5) is 8.78 Å². The summed E-state index contributed by atoms with van der Waals surface area (Å²) in [6.45, 7) is 0.0846. The minimum Gasteiger partial charge on any atom is -0.241 e. The molecule has 4 nitrogen and oxygen atoms in total. The van der Waals surface area contributed by atoms with E-state index < -0.39 is 5.82 Å². The number of fused-ring (bicyclic) bond motifs is 1. The summed E-state index contributed by atoms with van der Waals surface area (Å²) in [6, 6.07) is 9.21. The molecule has 2 heterocycles. The largest absolute Gasteiger partial charge is 0.241 e. The van der Waals surface area contributed by atoms with Crippen molar-refractivity contribution >= 4 is 11.0 Å². The minimum absolute atomic E-state index is 0.0538. The Morgan fingerprint density at radius 1 is 1.15 bits per heavy atom. The Hall–Kier alpha value is -2.81. The van der Waals surface area contributed by atoms with E-state index in [0.29, 0.717) is 5.56 Å². The highest BCUT2D eigenvalue weighted by molar-refractivity contribution is 5.81. The standard InChI is InChI=1S/C14H8F2N4/c15-10-4-2-1-3-9(10)8-20-14-13(12(7-17)19-20)11(16)5-6-18-14/h1-6H,8H2. The number of hydrogen-bond acceptors (Lipinski definition) is 3. The van der Waals surface area contributed by atoms with E-state index in [-0.39, 0.29) is 29.1 Å². The third kappa shape index (κ3) is 1.89. The van der Waals surface area contributed by atoms with Crippen molar-refractivity contribution in [1.29, 1.82) is 5.26 Å². The van der Waals surface area contributed by atoms with Gasteiger partial charge in [0.15, 0.2) is 11.3 Å². The molecule has 98 valence electrons. The van der Waals surface area contributed by atoms with Crippen LogP contribution in [0.15, 0.2) is 36.5 Å². The van der Waals surface area contributed by atoms with Crippen molar-refractivity contribution in [1.82, 2.24) is 14.8 Å². The molecule has 6 heteroatoms. The zero-order chi connectivity index (χ0) is 14.1. The van der Waals surface area contributed by atoms with Gasteiger partial charge in [0.25, 0.3) is 0 Å². The van der Waals surface area contributed by atoms with Crippen molar-refractivity contribution in [2.24, 2.45) is 0 Å². The molecule has 3 rings (SSSR count). The van der Waals surface area contributed by atoms with Gasteiger partial charge in [0.2, 0.25) is 0 Å². The van der Waals surface area contributed by atoms with Crippen LogP contribution in [-0.2, 0) is 6.54 Å². The molecule has 3 aromatic rings. The fraction of sp³-hybridized carbons (Fsp3) is 0.0714. The lowest BCUT2D eigenvalue weighted by atomic mass is 10.2. The normalized spacial score (nSPS) is 10.7. The molecule has 0 N–H and O–H groups in total. The van der Waals surface area contributed by atoms with Crippen molar-refractivity contribution in [3.8, 4) is 6.07 Å². The van der Waals surface area contributed by atoms with Gasteiger partial charge in [0.1, 0.15) is 17.7 Å². The Bertz CT molecular complexity index is 833. The van der Waals surface area contributed by atoms with Crippen LogP contribution in [-0.4, -0.2) is 14.8 Å². The quantitative estimate of drug-likeness (QED) is 0.719. The molecule has 0 aliphatic heterocycles. The van der Waals surface area contributed by atoms with Gasteiger partial charge in [-0.3, -0.25) is 0 Å². The number of rotatable bonds is 2. The maximum absolute atomic E-state index is 13.7. The van der Waals surface area contributed by atoms with Crippen LogP contribution in [0.2, 0.25) is 0 Å². The molecule has 0 atom stereocenters. The second kappa shape index (κ2) is 4.70. The summed E-state index contributed by atoms with van der Waals surface area (Å²) in [5.74, 6) is -0.947. The third-order valence-corrected chi connectivity index (χ3v) is 2.97. The summed E-state index contributed by atoms with van der Waals surface area (Å²) < 4.78 is 28.7. The fourth-order valence-corrected chi connectivity index (χ4v) is 2.04. The SMILES string of the molecule is N#Cc1nn(Cc2ccccc2F)c2nccc(F)c12. The molecule has 0 fully saturated rings. The van der Waals surface area contributed by atoms with Crippen molar-refractivity contribution in [2.45, 2.75) is 6.54 Å². The fourth-order valence-electron chi connectivity index (χ4n) is 2.04. The number of nitriles is 1. The van der Waals surface area contributed by atoms with E-state index >= 15 is 0 Å². The van der Waals surface area contributed by atoms with Gasteiger partial charge in [-0.25, -0.2) is 18.4 Å². The summed E-state index contributed by atoms with van der Waals surface area (Å²) in [7, 11) is 0. The van der Waals surface area contributed by atoms with E-state index in [9.17, 15) is 8.78 Å². The molecular weight excluding hydrogens is 262 g/mol. The molecule has 0 aliphatic carbocycles. The van der Waals surface area contributed by atoms with E-state index in [2.05, 4.69) is 10.1 Å². The first-order valence-corrected chi connectivity index (χ1v) is 5.85. The molecule has 0 unspecified atom stereocenters. The summed E-state index contributed by atoms with van der Waals surface area (Å²) in [5, 5.41) is 13.1. The summed E-state index contributed by atoms with van der Waals surface area (Å²) in [5.41, 5.74) is 0.569. The lowest BCUT2D eigenvalue weighted by Crippen LogP contribution is -2.04. The smallest absolute Gasteiger partial charge is 0.174 e. The molecule has 2 aromatic heterocycles. The number of hydrogen-bond donors (Lipinski definition) is 0. The van der Waals surface area contributed by atoms with E-state index in [0.717, 1.165) is 6.07 Å². The predicted octanol–water partition coefficient (Wildman–Crippen LogP) is 2.63. The van der Waals surface area contributed by atoms with E-state index in [1.807, 2.05) is 6.07 Å². The maximum Gasteiger partial charge on any atom is 0.174 e. The highest BCUT2D eigenvalue weighted by Gasteiger charge is 2.16. The highest BCUT2D eigenvalue weighted by atomic mass is 19.1. The van der Waals surface area contributed by atoms with Gasteiger partial charge >= 0.3 is 0 Å². The van der Waals surface area contributed by atoms with E-state index in [4.69, 9.17) is 5.26 Å². The zero-order valence-corrected chi connectivity index (χ0v) is 10.2. The van der Waals surface area contributed by atoms with Gasteiger partial charge in [0.05, 0.1) is 11.9 Å². The number of aromatic nitrogens is 3. The molecule has 0 spiro atoms. The Morgan fingerprint density at radius 2 is 1.95 bits per heavy atom. The van der Waals surface area contributed by atoms with Gasteiger partial charge in [-0.2, -0.15) is 10.4 Å². The number of nitrogens with zero attached hydrogens (tertiary/aromatic N) is 4. The van der Waals surface area contributed by atoms with Crippen LogP contribution in [0.1, 0.15) is 11.3 Å².